The second-order valence-electron chi connectivity index (χ2n) is 23.3. The van der Waals surface area contributed by atoms with Crippen molar-refractivity contribution in [1.29, 1.82) is 0 Å². The normalized spacial score (nSPS) is 14.2. The number of aryl methyl sites for hydroxylation is 2. The molecule has 0 N–H and O–H groups in total. The van der Waals surface area contributed by atoms with Crippen LogP contribution in [0.2, 0.25) is 0 Å². The zero-order valence-electron chi connectivity index (χ0n) is 49.9. The predicted octanol–water partition coefficient (Wildman–Crippen LogP) is 25.8. The zero-order chi connectivity index (χ0) is 57.9. The quantitative estimate of drug-likeness (QED) is 0.0438. The molecule has 0 amide bonds. The fraction of sp³-hybridized carbons (Fsp3) is 0.486. The molecule has 0 saturated carbocycles. The minimum Gasteiger partial charge on any atom is -0.288 e. The fourth-order valence-corrected chi connectivity index (χ4v) is 22.5. The first kappa shape index (κ1) is 61.6. The van der Waals surface area contributed by atoms with Crippen LogP contribution in [0, 0.1) is 43.2 Å². The lowest BCUT2D eigenvalue weighted by atomic mass is 9.81. The fourth-order valence-electron chi connectivity index (χ4n) is 12.7. The third-order valence-corrected chi connectivity index (χ3v) is 27.0. The van der Waals surface area contributed by atoms with Gasteiger partial charge in [-0.1, -0.05) is 152 Å². The summed E-state index contributed by atoms with van der Waals surface area (Å²) in [7, 11) is 0. The monoisotopic (exact) mass is 1250 g/mol. The number of fused-ring (bicyclic) bond motifs is 4. The van der Waals surface area contributed by atoms with Crippen molar-refractivity contribution in [2.75, 3.05) is 0 Å². The molecule has 0 radical (unpaired) electrons. The van der Waals surface area contributed by atoms with Gasteiger partial charge in [-0.25, -0.2) is 8.78 Å². The summed E-state index contributed by atoms with van der Waals surface area (Å²) < 4.78 is 35.3. The molecule has 0 aliphatic heterocycles. The lowest BCUT2D eigenvalue weighted by molar-refractivity contribution is 0.0980. The summed E-state index contributed by atoms with van der Waals surface area (Å²) in [6, 6.07) is 14.7. The smallest absolute Gasteiger partial charge is 0.197 e. The van der Waals surface area contributed by atoms with E-state index in [2.05, 4.69) is 105 Å². The zero-order valence-corrected chi connectivity index (χ0v) is 56.4. The van der Waals surface area contributed by atoms with E-state index in [4.69, 9.17) is 0 Å². The first-order chi connectivity index (χ1) is 39.8. The first-order valence-electron chi connectivity index (χ1n) is 30.9. The van der Waals surface area contributed by atoms with Gasteiger partial charge in [-0.05, 0) is 112 Å². The minimum atomic E-state index is -0.119. The summed E-state index contributed by atoms with van der Waals surface area (Å²) in [6.45, 7) is 22.2. The van der Waals surface area contributed by atoms with Gasteiger partial charge >= 0.3 is 0 Å². The van der Waals surface area contributed by atoms with E-state index in [9.17, 15) is 0 Å². The number of carbonyl (C=O) groups excluding carboxylic acids is 2. The number of ketones is 2. The molecule has 0 bridgehead atoms. The second kappa shape index (κ2) is 27.5. The van der Waals surface area contributed by atoms with Crippen molar-refractivity contribution in [2.24, 2.45) is 17.8 Å². The second-order valence-corrected chi connectivity index (χ2v) is 32.3. The number of thiophene rings is 8. The maximum Gasteiger partial charge on any atom is 0.197 e. The Morgan fingerprint density at radius 1 is 0.427 bits per heavy atom. The van der Waals surface area contributed by atoms with Crippen molar-refractivity contribution in [3.05, 3.63) is 111 Å². The molecule has 0 fully saturated rings. The maximum atomic E-state index is 16.6. The number of rotatable bonds is 29. The number of carbonyl (C=O) groups is 2. The Morgan fingerprint density at radius 2 is 0.988 bits per heavy atom. The summed E-state index contributed by atoms with van der Waals surface area (Å²) in [5.74, 6) is 1.30. The van der Waals surface area contributed by atoms with E-state index in [0.29, 0.717) is 40.0 Å². The van der Waals surface area contributed by atoms with Gasteiger partial charge in [0.2, 0.25) is 0 Å². The third-order valence-electron chi connectivity index (χ3n) is 17.6. The lowest BCUT2D eigenvalue weighted by Gasteiger charge is -2.19. The van der Waals surface area contributed by atoms with Crippen LogP contribution >= 0.6 is 90.7 Å². The highest BCUT2D eigenvalue weighted by Gasteiger charge is 2.42. The van der Waals surface area contributed by atoms with Crippen molar-refractivity contribution in [1.82, 2.24) is 0 Å². The Bertz CT molecular complexity index is 3690. The van der Waals surface area contributed by atoms with Crippen LogP contribution in [0.25, 0.3) is 71.0 Å². The van der Waals surface area contributed by atoms with Crippen LogP contribution in [-0.4, -0.2) is 11.6 Å². The van der Waals surface area contributed by atoms with Gasteiger partial charge in [0.05, 0.1) is 16.0 Å². The predicted molar refractivity (Wildman–Crippen MR) is 363 cm³/mol. The molecule has 82 heavy (non-hydrogen) atoms. The Hall–Kier alpha value is -3.46. The number of unbranched alkanes of at least 4 members (excludes halogenated alkanes) is 5. The van der Waals surface area contributed by atoms with Gasteiger partial charge in [-0.2, -0.15) is 0 Å². The summed E-state index contributed by atoms with van der Waals surface area (Å²) in [4.78, 5) is 44.7. The largest absolute Gasteiger partial charge is 0.288 e. The summed E-state index contributed by atoms with van der Waals surface area (Å²) in [6.07, 6.45) is 21.0. The molecule has 4 atom stereocenters. The SMILES string of the molecule is CCCCCC(CC)c1sc(-c2c3cc(-c4cc(-c5sc(-c6ccc(C)s6)c6c5C(=O)c5c(CC(CC)CCCC)sc(CC(CC)CCCC)c5C6=O)cs4)sc3c(-c3cc(F)c(CC(CC)CCCC)s3)c3cc(C)sc23)cc1F. The van der Waals surface area contributed by atoms with E-state index >= 15 is 18.4 Å². The Kier molecular flexibility index (Phi) is 20.7. The van der Waals surface area contributed by atoms with Crippen LogP contribution in [0.4, 0.5) is 8.78 Å². The van der Waals surface area contributed by atoms with E-state index < -0.39 is 0 Å². The molecular weight excluding hydrogens is 1170 g/mol. The van der Waals surface area contributed by atoms with E-state index in [1.54, 1.807) is 103 Å². The number of halogens is 2. The molecule has 12 heteroatoms. The van der Waals surface area contributed by atoms with E-state index in [-0.39, 0.29) is 29.1 Å². The molecule has 436 valence electrons. The van der Waals surface area contributed by atoms with Gasteiger partial charge in [-0.15, -0.1) is 90.7 Å². The van der Waals surface area contributed by atoms with Gasteiger partial charge < -0.3 is 0 Å². The maximum absolute atomic E-state index is 16.6. The molecule has 0 spiro atoms. The van der Waals surface area contributed by atoms with Crippen molar-refractivity contribution >= 4 is 122 Å². The molecule has 8 aromatic heterocycles. The third kappa shape index (κ3) is 12.4. The summed E-state index contributed by atoms with van der Waals surface area (Å²) in [5.41, 5.74) is 5.61. The Labute approximate surface area is 519 Å². The van der Waals surface area contributed by atoms with E-state index in [1.807, 2.05) is 0 Å². The van der Waals surface area contributed by atoms with Crippen LogP contribution in [0.3, 0.4) is 0 Å². The molecule has 1 aromatic carbocycles. The van der Waals surface area contributed by atoms with Gasteiger partial charge in [0.1, 0.15) is 11.6 Å². The average Bonchev–Trinajstić information content (AvgIpc) is 2.14. The van der Waals surface area contributed by atoms with E-state index in [0.717, 1.165) is 219 Å². The molecule has 0 saturated heterocycles. The molecule has 8 heterocycles. The van der Waals surface area contributed by atoms with Gasteiger partial charge in [-0.3, -0.25) is 9.59 Å². The highest BCUT2D eigenvalue weighted by Crippen LogP contribution is 2.56. The van der Waals surface area contributed by atoms with Crippen LogP contribution in [0.1, 0.15) is 232 Å². The molecule has 9 aromatic rings. The van der Waals surface area contributed by atoms with Gasteiger partial charge in [0.15, 0.2) is 11.6 Å². The lowest BCUT2D eigenvalue weighted by Crippen LogP contribution is -2.22. The molecular formula is C70H82F2O2S8. The molecule has 1 aliphatic rings. The van der Waals surface area contributed by atoms with Gasteiger partial charge in [0, 0.05) is 112 Å². The topological polar surface area (TPSA) is 34.1 Å². The highest BCUT2D eigenvalue weighted by atomic mass is 32.1. The number of hydrogen-bond acceptors (Lipinski definition) is 10. The van der Waals surface area contributed by atoms with Crippen molar-refractivity contribution in [2.45, 2.75) is 204 Å². The van der Waals surface area contributed by atoms with Crippen LogP contribution < -0.4 is 0 Å². The summed E-state index contributed by atoms with van der Waals surface area (Å²) >= 11 is 13.5. The molecule has 4 unspecified atom stereocenters. The van der Waals surface area contributed by atoms with Crippen molar-refractivity contribution < 1.29 is 18.4 Å². The molecule has 2 nitrogen and oxygen atoms in total. The highest BCUT2D eigenvalue weighted by molar-refractivity contribution is 7.28. The Balaban J connectivity index is 1.14. The van der Waals surface area contributed by atoms with E-state index in [1.165, 1.54) is 9.75 Å². The van der Waals surface area contributed by atoms with Crippen molar-refractivity contribution in [3.8, 4) is 50.8 Å². The average molecular weight is 1250 g/mol. The first-order valence-corrected chi connectivity index (χ1v) is 37.5. The van der Waals surface area contributed by atoms with Gasteiger partial charge in [0.25, 0.3) is 0 Å². The standard InChI is InChI=1S/C70H82F2O2S8/c1-11-19-23-27-44(18-8)66-49(72)37-57(81-66)59-47-35-53(80-69(47)58(46-30-40(10)77-68(46)59)56-36-48(71)51(78-56)31-41(15-5)24-20-12-2)52-34-45(38-75-52)67-62-63(70(82-67)50-29-28-39(9)76-50)65(74)61-55(33-43(17-7)26-22-14-4)79-54(60(61)64(62)73)32-42(16-6)25-21-13-3/h28-30,34-38,41-44H,11-27,31-33H2,1-10H3. The Morgan fingerprint density at radius 3 is 1.56 bits per heavy atom. The summed E-state index contributed by atoms with van der Waals surface area (Å²) in [5, 5.41) is 4.36. The van der Waals surface area contributed by atoms with Crippen LogP contribution in [-0.2, 0) is 19.3 Å². The van der Waals surface area contributed by atoms with Crippen LogP contribution in [0.5, 0.6) is 0 Å². The van der Waals surface area contributed by atoms with Crippen molar-refractivity contribution in [3.63, 3.8) is 0 Å². The number of benzene rings is 1. The van der Waals surface area contributed by atoms with Crippen LogP contribution in [0.15, 0.2) is 47.8 Å². The minimum absolute atomic E-state index is 0.00971. The number of hydrogen-bond donors (Lipinski definition) is 0. The molecule has 1 aliphatic carbocycles. The molecule has 10 rings (SSSR count).